The Labute approximate surface area is 244 Å². The largest absolute Gasteiger partial charge is 0.466 e. The number of nitrogens with zero attached hydrogens (tertiary/aromatic N) is 4. The van der Waals surface area contributed by atoms with Gasteiger partial charge in [0, 0.05) is 23.4 Å². The van der Waals surface area contributed by atoms with Crippen LogP contribution in [0.5, 0.6) is 0 Å². The summed E-state index contributed by atoms with van der Waals surface area (Å²) < 4.78 is 32.8. The number of carbonyl (C=O) groups is 2. The molecule has 1 unspecified atom stereocenters. The molecule has 1 aliphatic rings. The van der Waals surface area contributed by atoms with Gasteiger partial charge in [-0.15, -0.1) is 0 Å². The number of nitrogens with two attached hydrogens (primary N) is 1. The maximum Gasteiger partial charge on any atom is 0.337 e. The van der Waals surface area contributed by atoms with Crippen molar-refractivity contribution in [1.29, 1.82) is 10.7 Å². The number of carbonyl (C=O) groups excluding carboxylic acids is 2. The van der Waals surface area contributed by atoms with Gasteiger partial charge in [0.15, 0.2) is 0 Å². The molecule has 0 saturated carbocycles. The van der Waals surface area contributed by atoms with Crippen LogP contribution in [0.3, 0.4) is 0 Å². The van der Waals surface area contributed by atoms with Gasteiger partial charge in [0.2, 0.25) is 5.96 Å². The first-order valence-electron chi connectivity index (χ1n) is 12.8. The predicted molar refractivity (Wildman–Crippen MR) is 163 cm³/mol. The highest BCUT2D eigenvalue weighted by Crippen LogP contribution is 2.37. The van der Waals surface area contributed by atoms with E-state index in [4.69, 9.17) is 16.4 Å². The first kappa shape index (κ1) is 37.1. The molecular weight excluding hydrogens is 549 g/mol. The zero-order valence-electron chi connectivity index (χ0n) is 24.9. The van der Waals surface area contributed by atoms with Crippen molar-refractivity contribution in [3.05, 3.63) is 77.6 Å². The van der Waals surface area contributed by atoms with E-state index in [0.717, 1.165) is 22.3 Å². The first-order valence-corrected chi connectivity index (χ1v) is 13.4. The lowest BCUT2D eigenvalue weighted by molar-refractivity contribution is -0.869. The molecule has 1 aromatic carbocycles. The lowest BCUT2D eigenvalue weighted by atomic mass is 10.1. The van der Waals surface area contributed by atoms with Gasteiger partial charge in [0.1, 0.15) is 0 Å². The smallest absolute Gasteiger partial charge is 0.337 e. The molecule has 224 valence electrons. The van der Waals surface area contributed by atoms with E-state index in [2.05, 4.69) is 38.5 Å². The molecule has 0 spiro atoms. The van der Waals surface area contributed by atoms with Gasteiger partial charge in [-0.05, 0) is 25.1 Å². The van der Waals surface area contributed by atoms with Crippen molar-refractivity contribution < 1.29 is 27.6 Å². The van der Waals surface area contributed by atoms with Gasteiger partial charge in [0.25, 0.3) is 5.66 Å². The fourth-order valence-corrected chi connectivity index (χ4v) is 3.51. The molecule has 41 heavy (non-hydrogen) atoms. The number of urea groups is 1. The van der Waals surface area contributed by atoms with Gasteiger partial charge in [-0.2, -0.15) is 14.0 Å². The highest BCUT2D eigenvalue weighted by molar-refractivity contribution is 7.17. The number of nitrogens with one attached hydrogen (secondary N) is 1. The van der Waals surface area contributed by atoms with Gasteiger partial charge >= 0.3 is 12.0 Å². The van der Waals surface area contributed by atoms with E-state index in [1.54, 1.807) is 12.2 Å². The zero-order chi connectivity index (χ0) is 32.0. The molecule has 0 radical (unpaired) electrons. The standard InChI is InChI=1S/C15H17F2N4O3P.C12H19N2.C2H6/c1-8-11(12(22)24-2)7-20(14(19)23)13(18)21(8)10-5-3-4-9(6-10)15(16,17)25;1-5-12(11-13)9-7-6-8-10-14(2,3)4;1-2/h3-6,18H,7,25H2,1-2H3,(H2,19,23);5-7,9H,1,8,10H2,2-4H3;1-2H3/q;+1;/b;7-6-,12-9+;. The summed E-state index contributed by atoms with van der Waals surface area (Å²) in [6.45, 7) is 9.94. The number of halogens is 2. The Morgan fingerprint density at radius 1 is 1.32 bits per heavy atom. The fourth-order valence-electron chi connectivity index (χ4n) is 3.33. The number of primary amides is 1. The molecule has 2 rings (SSSR count). The van der Waals surface area contributed by atoms with E-state index >= 15 is 0 Å². The van der Waals surface area contributed by atoms with E-state index in [9.17, 15) is 18.4 Å². The third-order valence-corrected chi connectivity index (χ3v) is 5.80. The van der Waals surface area contributed by atoms with Crippen LogP contribution in [-0.4, -0.2) is 68.7 Å². The van der Waals surface area contributed by atoms with Crippen LogP contribution in [0.25, 0.3) is 0 Å². The Morgan fingerprint density at radius 2 is 1.93 bits per heavy atom. The number of allylic oxidation sites excluding steroid dienone is 5. The number of amides is 2. The SMILES string of the molecule is C=C/C(C#N)=C\C=C/CC[N+](C)(C)C.CC.COC(=O)C1=C(C)N(c2cccc(C(F)(F)P)c2)C(=N)N(C(N)=O)C1. The topological polar surface area (TPSA) is 124 Å². The van der Waals surface area contributed by atoms with Gasteiger partial charge in [0.05, 0.1) is 58.6 Å². The number of nitriles is 1. The number of anilines is 1. The molecule has 1 heterocycles. The maximum absolute atomic E-state index is 13.6. The molecule has 12 heteroatoms. The number of quaternary nitrogens is 1. The van der Waals surface area contributed by atoms with Crippen LogP contribution < -0.4 is 10.6 Å². The average molecular weight is 592 g/mol. The van der Waals surface area contributed by atoms with Crippen molar-refractivity contribution in [1.82, 2.24) is 4.90 Å². The van der Waals surface area contributed by atoms with Gasteiger partial charge < -0.3 is 15.0 Å². The summed E-state index contributed by atoms with van der Waals surface area (Å²) >= 11 is 0. The molecule has 0 bridgehead atoms. The number of esters is 1. The monoisotopic (exact) mass is 591 g/mol. The Balaban J connectivity index is 0.000000853. The molecule has 1 aromatic rings. The Kier molecular flexibility index (Phi) is 15.4. The lowest BCUT2D eigenvalue weighted by Gasteiger charge is -2.37. The molecule has 0 fully saturated rings. The normalized spacial score (nSPS) is 14.0. The van der Waals surface area contributed by atoms with Gasteiger partial charge in [-0.3, -0.25) is 15.2 Å². The number of alkyl halides is 2. The Hall–Kier alpha value is -3.87. The van der Waals surface area contributed by atoms with Crippen LogP contribution in [0.2, 0.25) is 0 Å². The van der Waals surface area contributed by atoms with E-state index in [1.807, 2.05) is 26.0 Å². The fraction of sp³-hybridized carbons (Fsp3) is 0.379. The summed E-state index contributed by atoms with van der Waals surface area (Å²) in [5.41, 5.74) is 2.98. The number of ether oxygens (including phenoxy) is 1. The van der Waals surface area contributed by atoms with Crippen molar-refractivity contribution >= 4 is 32.9 Å². The highest BCUT2D eigenvalue weighted by atomic mass is 31.0. The van der Waals surface area contributed by atoms with Gasteiger partial charge in [-0.25, -0.2) is 9.59 Å². The minimum absolute atomic E-state index is 0.0975. The summed E-state index contributed by atoms with van der Waals surface area (Å²) in [6, 6.07) is 6.38. The second-order valence-electron chi connectivity index (χ2n) is 9.48. The van der Waals surface area contributed by atoms with E-state index in [0.29, 0.717) is 11.3 Å². The maximum atomic E-state index is 13.6. The second-order valence-corrected chi connectivity index (χ2v) is 10.2. The van der Waals surface area contributed by atoms with E-state index in [1.165, 1.54) is 52.4 Å². The quantitative estimate of drug-likeness (QED) is 0.136. The Morgan fingerprint density at radius 3 is 2.39 bits per heavy atom. The van der Waals surface area contributed by atoms with Crippen LogP contribution in [0, 0.1) is 16.7 Å². The number of methoxy groups -OCH3 is 1. The van der Waals surface area contributed by atoms with Crippen LogP contribution >= 0.6 is 9.24 Å². The molecule has 0 aliphatic carbocycles. The second kappa shape index (κ2) is 17.1. The first-order chi connectivity index (χ1) is 19.1. The van der Waals surface area contributed by atoms with Crippen molar-refractivity contribution in [2.45, 2.75) is 32.9 Å². The summed E-state index contributed by atoms with van der Waals surface area (Å²) in [6.07, 6.45) is 8.35. The molecule has 3 N–H and O–H groups in total. The number of guanidine groups is 1. The van der Waals surface area contributed by atoms with Crippen molar-refractivity contribution in [3.8, 4) is 6.07 Å². The molecule has 2 amide bonds. The zero-order valence-corrected chi connectivity index (χ0v) is 26.0. The summed E-state index contributed by atoms with van der Waals surface area (Å²) in [5, 5.41) is 16.8. The molecule has 9 nitrogen and oxygen atoms in total. The summed E-state index contributed by atoms with van der Waals surface area (Å²) in [7, 11) is 9.09. The minimum Gasteiger partial charge on any atom is -0.466 e. The average Bonchev–Trinajstić information content (AvgIpc) is 2.91. The number of hydrogen-bond acceptors (Lipinski definition) is 5. The Bertz CT molecular complexity index is 1220. The highest BCUT2D eigenvalue weighted by Gasteiger charge is 2.35. The number of hydrogen-bond donors (Lipinski definition) is 2. The third kappa shape index (κ3) is 12.0. The van der Waals surface area contributed by atoms with Crippen LogP contribution in [0.4, 0.5) is 19.3 Å². The van der Waals surface area contributed by atoms with E-state index < -0.39 is 17.7 Å². The van der Waals surface area contributed by atoms with Crippen LogP contribution in [0.15, 0.2) is 72.0 Å². The van der Waals surface area contributed by atoms with Crippen molar-refractivity contribution in [3.63, 3.8) is 0 Å². The molecule has 0 saturated heterocycles. The van der Waals surface area contributed by atoms with Crippen LogP contribution in [-0.2, 0) is 15.2 Å². The minimum atomic E-state index is -3.17. The molecule has 1 atom stereocenters. The van der Waals surface area contributed by atoms with Crippen molar-refractivity contribution in [2.75, 3.05) is 46.2 Å². The van der Waals surface area contributed by atoms with E-state index in [-0.39, 0.29) is 29.3 Å². The van der Waals surface area contributed by atoms with Crippen molar-refractivity contribution in [2.24, 2.45) is 5.73 Å². The summed E-state index contributed by atoms with van der Waals surface area (Å²) in [4.78, 5) is 25.6. The molecule has 0 aromatic heterocycles. The third-order valence-electron chi connectivity index (χ3n) is 5.47. The number of benzene rings is 1. The summed E-state index contributed by atoms with van der Waals surface area (Å²) in [5.74, 6) is -1.05. The molecular formula is C29H42F2N6O3P+. The molecule has 1 aliphatic heterocycles. The lowest BCUT2D eigenvalue weighted by Crippen LogP contribution is -2.54. The van der Waals surface area contributed by atoms with Gasteiger partial charge in [-0.1, -0.05) is 60.0 Å². The predicted octanol–water partition coefficient (Wildman–Crippen LogP) is 5.49. The number of rotatable bonds is 8. The van der Waals surface area contributed by atoms with Crippen LogP contribution in [0.1, 0.15) is 32.8 Å².